The Morgan fingerprint density at radius 3 is 2.68 bits per heavy atom. The van der Waals surface area contributed by atoms with Crippen LogP contribution < -0.4 is 4.90 Å². The summed E-state index contributed by atoms with van der Waals surface area (Å²) in [4.78, 5) is 24.0. The van der Waals surface area contributed by atoms with Crippen LogP contribution in [-0.4, -0.2) is 61.2 Å². The van der Waals surface area contributed by atoms with E-state index >= 15 is 0 Å². The lowest BCUT2D eigenvalue weighted by Crippen LogP contribution is -2.31. The topological polar surface area (TPSA) is 58.6 Å². The Morgan fingerprint density at radius 2 is 2.11 bits per heavy atom. The van der Waals surface area contributed by atoms with Gasteiger partial charge in [0.15, 0.2) is 5.69 Å². The minimum absolute atomic E-state index is 0.235. The Labute approximate surface area is 113 Å². The van der Waals surface area contributed by atoms with Crippen LogP contribution in [0, 0.1) is 0 Å². The van der Waals surface area contributed by atoms with E-state index in [0.717, 1.165) is 18.9 Å². The number of methoxy groups -OCH3 is 1. The molecule has 0 aliphatic carbocycles. The molecule has 0 radical (unpaired) electrons. The Balaban J connectivity index is 1.87. The second-order valence-corrected chi connectivity index (χ2v) is 4.72. The number of aromatic nitrogens is 2. The predicted molar refractivity (Wildman–Crippen MR) is 72.3 cm³/mol. The van der Waals surface area contributed by atoms with Crippen molar-refractivity contribution < 1.29 is 9.53 Å². The fourth-order valence-electron chi connectivity index (χ4n) is 2.14. The number of likely N-dealkylation sites (N-methyl/N-ethyl adjacent to an activating group) is 1. The molecule has 0 N–H and O–H groups in total. The lowest BCUT2D eigenvalue weighted by Gasteiger charge is -2.21. The summed E-state index contributed by atoms with van der Waals surface area (Å²) in [5.41, 5.74) is 0.235. The van der Waals surface area contributed by atoms with Crippen molar-refractivity contribution in [1.82, 2.24) is 14.9 Å². The molecule has 0 aromatic carbocycles. The molecule has 1 aliphatic heterocycles. The zero-order valence-electron chi connectivity index (χ0n) is 11.5. The van der Waals surface area contributed by atoms with E-state index < -0.39 is 5.97 Å². The molecule has 0 spiro atoms. The average molecular weight is 264 g/mol. The summed E-state index contributed by atoms with van der Waals surface area (Å²) >= 11 is 0. The van der Waals surface area contributed by atoms with Gasteiger partial charge in [-0.1, -0.05) is 0 Å². The fraction of sp³-hybridized carbons (Fsp3) is 0.615. The maximum absolute atomic E-state index is 11.2. The van der Waals surface area contributed by atoms with Crippen molar-refractivity contribution >= 4 is 11.8 Å². The second kappa shape index (κ2) is 6.47. The van der Waals surface area contributed by atoms with Gasteiger partial charge in [-0.3, -0.25) is 0 Å². The summed E-state index contributed by atoms with van der Waals surface area (Å²) in [5.74, 6) is 0.311. The van der Waals surface area contributed by atoms with Gasteiger partial charge in [-0.05, 0) is 25.9 Å². The molecule has 0 unspecified atom stereocenters. The number of carbonyl (C=O) groups excluding carboxylic acids is 1. The highest BCUT2D eigenvalue weighted by Crippen LogP contribution is 2.10. The first-order valence-corrected chi connectivity index (χ1v) is 6.54. The van der Waals surface area contributed by atoms with E-state index in [0.29, 0.717) is 0 Å². The van der Waals surface area contributed by atoms with Crippen LogP contribution in [0.25, 0.3) is 0 Å². The normalized spacial score (nSPS) is 15.5. The molecular weight excluding hydrogens is 244 g/mol. The van der Waals surface area contributed by atoms with Gasteiger partial charge in [0, 0.05) is 20.1 Å². The lowest BCUT2D eigenvalue weighted by molar-refractivity contribution is 0.0593. The average Bonchev–Trinajstić information content (AvgIpc) is 2.97. The SMILES string of the molecule is COC(=O)c1cnc(N(C)CCN2CCCC2)cn1. The van der Waals surface area contributed by atoms with Crippen molar-refractivity contribution in [3.63, 3.8) is 0 Å². The third-order valence-electron chi connectivity index (χ3n) is 3.37. The summed E-state index contributed by atoms with van der Waals surface area (Å²) in [7, 11) is 3.32. The predicted octanol–water partition coefficient (Wildman–Crippen LogP) is 0.795. The fourth-order valence-corrected chi connectivity index (χ4v) is 2.14. The number of hydrogen-bond donors (Lipinski definition) is 0. The number of hydrogen-bond acceptors (Lipinski definition) is 6. The van der Waals surface area contributed by atoms with Crippen LogP contribution >= 0.6 is 0 Å². The van der Waals surface area contributed by atoms with Crippen molar-refractivity contribution in [3.05, 3.63) is 18.1 Å². The van der Waals surface area contributed by atoms with E-state index in [4.69, 9.17) is 0 Å². The van der Waals surface area contributed by atoms with Crippen LogP contribution in [0.5, 0.6) is 0 Å². The molecule has 1 fully saturated rings. The molecule has 1 saturated heterocycles. The molecular formula is C13H20N4O2. The number of likely N-dealkylation sites (tertiary alicyclic amines) is 1. The van der Waals surface area contributed by atoms with Crippen molar-refractivity contribution in [1.29, 1.82) is 0 Å². The van der Waals surface area contributed by atoms with Crippen molar-refractivity contribution in [2.45, 2.75) is 12.8 Å². The lowest BCUT2D eigenvalue weighted by atomic mass is 10.4. The minimum atomic E-state index is -0.459. The molecule has 104 valence electrons. The van der Waals surface area contributed by atoms with Crippen LogP contribution in [0.4, 0.5) is 5.82 Å². The summed E-state index contributed by atoms with van der Waals surface area (Å²) in [5, 5.41) is 0. The van der Waals surface area contributed by atoms with E-state index in [9.17, 15) is 4.79 Å². The number of anilines is 1. The van der Waals surface area contributed by atoms with Gasteiger partial charge in [0.1, 0.15) is 5.82 Å². The molecule has 6 heteroatoms. The van der Waals surface area contributed by atoms with Crippen LogP contribution in [0.3, 0.4) is 0 Å². The second-order valence-electron chi connectivity index (χ2n) is 4.72. The maximum atomic E-state index is 11.2. The van der Waals surface area contributed by atoms with E-state index in [2.05, 4.69) is 19.6 Å². The largest absolute Gasteiger partial charge is 0.464 e. The van der Waals surface area contributed by atoms with Crippen LogP contribution in [0.2, 0.25) is 0 Å². The van der Waals surface area contributed by atoms with E-state index in [1.165, 1.54) is 39.2 Å². The molecule has 0 bridgehead atoms. The van der Waals surface area contributed by atoms with E-state index in [1.54, 1.807) is 6.20 Å². The summed E-state index contributed by atoms with van der Waals surface area (Å²) < 4.78 is 4.59. The highest BCUT2D eigenvalue weighted by Gasteiger charge is 2.13. The molecule has 1 aliphatic rings. The van der Waals surface area contributed by atoms with E-state index in [1.807, 2.05) is 11.9 Å². The van der Waals surface area contributed by atoms with Gasteiger partial charge in [-0.25, -0.2) is 14.8 Å². The highest BCUT2D eigenvalue weighted by molar-refractivity contribution is 5.86. The number of ether oxygens (including phenoxy) is 1. The third kappa shape index (κ3) is 3.64. The number of esters is 1. The highest BCUT2D eigenvalue weighted by atomic mass is 16.5. The van der Waals surface area contributed by atoms with Crippen LogP contribution in [-0.2, 0) is 4.74 Å². The van der Waals surface area contributed by atoms with Gasteiger partial charge < -0.3 is 14.5 Å². The molecule has 0 atom stereocenters. The Hall–Kier alpha value is -1.69. The summed E-state index contributed by atoms with van der Waals surface area (Å²) in [6.07, 6.45) is 5.67. The zero-order chi connectivity index (χ0) is 13.7. The minimum Gasteiger partial charge on any atom is -0.464 e. The number of nitrogens with zero attached hydrogens (tertiary/aromatic N) is 4. The first-order chi connectivity index (χ1) is 9.20. The van der Waals surface area contributed by atoms with Gasteiger partial charge >= 0.3 is 5.97 Å². The van der Waals surface area contributed by atoms with Crippen molar-refractivity contribution in [2.24, 2.45) is 0 Å². The third-order valence-corrected chi connectivity index (χ3v) is 3.37. The monoisotopic (exact) mass is 264 g/mol. The standard InChI is InChI=1S/C13H20N4O2/c1-16(7-8-17-5-3-4-6-17)12-10-14-11(9-15-12)13(18)19-2/h9-10H,3-8H2,1-2H3. The Bertz CT molecular complexity index is 415. The first kappa shape index (κ1) is 13.7. The van der Waals surface area contributed by atoms with E-state index in [-0.39, 0.29) is 5.69 Å². The maximum Gasteiger partial charge on any atom is 0.358 e. The Kier molecular flexibility index (Phi) is 4.68. The van der Waals surface area contributed by atoms with Crippen molar-refractivity contribution in [3.8, 4) is 0 Å². The number of rotatable bonds is 5. The number of carbonyl (C=O) groups is 1. The zero-order valence-corrected chi connectivity index (χ0v) is 11.5. The first-order valence-electron chi connectivity index (χ1n) is 6.54. The molecule has 2 heterocycles. The molecule has 1 aromatic rings. The van der Waals surface area contributed by atoms with Crippen LogP contribution in [0.1, 0.15) is 23.3 Å². The van der Waals surface area contributed by atoms with Gasteiger partial charge in [-0.15, -0.1) is 0 Å². The quantitative estimate of drug-likeness (QED) is 0.733. The molecule has 2 rings (SSSR count). The molecule has 1 aromatic heterocycles. The molecule has 6 nitrogen and oxygen atoms in total. The smallest absolute Gasteiger partial charge is 0.358 e. The van der Waals surface area contributed by atoms with Gasteiger partial charge in [0.2, 0.25) is 0 Å². The molecule has 19 heavy (non-hydrogen) atoms. The van der Waals surface area contributed by atoms with Gasteiger partial charge in [0.25, 0.3) is 0 Å². The summed E-state index contributed by atoms with van der Waals surface area (Å²) in [6.45, 7) is 4.34. The molecule has 0 amide bonds. The Morgan fingerprint density at radius 1 is 1.37 bits per heavy atom. The van der Waals surface area contributed by atoms with Gasteiger partial charge in [0.05, 0.1) is 19.5 Å². The molecule has 0 saturated carbocycles. The summed E-state index contributed by atoms with van der Waals surface area (Å²) in [6, 6.07) is 0. The van der Waals surface area contributed by atoms with Crippen LogP contribution in [0.15, 0.2) is 12.4 Å². The van der Waals surface area contributed by atoms with Gasteiger partial charge in [-0.2, -0.15) is 0 Å². The van der Waals surface area contributed by atoms with Crippen molar-refractivity contribution in [2.75, 3.05) is 45.2 Å².